The maximum atomic E-state index is 6.90. The van der Waals surface area contributed by atoms with Crippen LogP contribution in [0.2, 0.25) is 0 Å². The fourth-order valence-corrected chi connectivity index (χ4v) is 16.3. The van der Waals surface area contributed by atoms with Gasteiger partial charge in [-0.25, -0.2) is 0 Å². The molecule has 2 fully saturated rings. The maximum absolute atomic E-state index is 6.90. The molecule has 2 saturated carbocycles. The summed E-state index contributed by atoms with van der Waals surface area (Å²) in [5.41, 5.74) is 20.5. The zero-order valence-corrected chi connectivity index (χ0v) is 47.7. The van der Waals surface area contributed by atoms with Crippen LogP contribution in [0.3, 0.4) is 0 Å². The molecule has 0 N–H and O–H groups in total. The van der Waals surface area contributed by atoms with Crippen molar-refractivity contribution >= 4 is 99.5 Å². The summed E-state index contributed by atoms with van der Waals surface area (Å²) in [6.07, 6.45) is 12.7. The lowest BCUT2D eigenvalue weighted by Gasteiger charge is -2.49. The van der Waals surface area contributed by atoms with Gasteiger partial charge in [-0.2, -0.15) is 0 Å². The molecule has 4 nitrogen and oxygen atoms in total. The molecule has 0 spiro atoms. The normalized spacial score (nSPS) is 15.3. The van der Waals surface area contributed by atoms with Gasteiger partial charge in [0.25, 0.3) is 0 Å². The van der Waals surface area contributed by atoms with Crippen molar-refractivity contribution in [1.29, 1.82) is 0 Å². The molecule has 0 saturated heterocycles. The van der Waals surface area contributed by atoms with Crippen molar-refractivity contribution in [2.45, 2.75) is 69.6 Å². The fourth-order valence-electron chi connectivity index (χ4n) is 16.3. The Morgan fingerprint density at radius 3 is 1.14 bits per heavy atom. The zero-order chi connectivity index (χ0) is 56.0. The lowest BCUT2D eigenvalue weighted by Crippen LogP contribution is -2.44. The standard InChI is InChI=1S/C81H64N2O2/c1-5-23-53(24-6-1)61-31-13-17-37-71(61)82(73-39-21-35-69-65-33-15-19-41-75(65)84-79(69)73)59-45-49-63-55(51-59)43-47-67-68-48-44-56-52-60(46-50-64(56)78(68)81(77(63)67,57-27-9-3-10-28-57)58-29-11-4-12-30-58)83(72-38-18-14-32-62(72)54-25-7-2-8-26-54)74-40-22-36-70-66-34-16-20-42-76(66)85-80(70)74/h1-2,5-8,13-26,31-52,57-58H,3-4,9-12,27-30H2. The molecule has 410 valence electrons. The Morgan fingerprint density at radius 2 is 0.682 bits per heavy atom. The minimum absolute atomic E-state index is 0.174. The van der Waals surface area contributed by atoms with E-state index in [1.54, 1.807) is 11.1 Å². The van der Waals surface area contributed by atoms with E-state index in [0.717, 1.165) is 78.0 Å². The predicted octanol–water partition coefficient (Wildman–Crippen LogP) is 23.5. The van der Waals surface area contributed by atoms with Crippen molar-refractivity contribution in [1.82, 2.24) is 0 Å². The van der Waals surface area contributed by atoms with E-state index < -0.39 is 0 Å². The number of benzene rings is 12. The van der Waals surface area contributed by atoms with Crippen molar-refractivity contribution in [2.24, 2.45) is 11.8 Å². The monoisotopic (exact) mass is 1100 g/mol. The molecule has 12 aromatic carbocycles. The molecule has 2 heterocycles. The Hall–Kier alpha value is -9.64. The summed E-state index contributed by atoms with van der Waals surface area (Å²) in [6, 6.07) is 94.4. The van der Waals surface area contributed by atoms with Crippen LogP contribution in [-0.4, -0.2) is 0 Å². The van der Waals surface area contributed by atoms with Crippen LogP contribution in [0.15, 0.2) is 264 Å². The van der Waals surface area contributed by atoms with Crippen molar-refractivity contribution < 1.29 is 8.83 Å². The third kappa shape index (κ3) is 7.87. The van der Waals surface area contributed by atoms with Gasteiger partial charge < -0.3 is 18.6 Å². The molecule has 4 heteroatoms. The quantitative estimate of drug-likeness (QED) is 0.137. The first kappa shape index (κ1) is 49.9. The average molecular weight is 1100 g/mol. The number of furan rings is 2. The van der Waals surface area contributed by atoms with E-state index in [1.807, 2.05) is 0 Å². The van der Waals surface area contributed by atoms with E-state index in [4.69, 9.17) is 8.83 Å². The molecule has 14 aromatic rings. The molecule has 0 aliphatic heterocycles. The number of para-hydroxylation sites is 6. The highest BCUT2D eigenvalue weighted by Gasteiger charge is 2.55. The number of fused-ring (bicyclic) bond motifs is 13. The van der Waals surface area contributed by atoms with Gasteiger partial charge in [0.1, 0.15) is 11.2 Å². The topological polar surface area (TPSA) is 32.8 Å². The molecule has 85 heavy (non-hydrogen) atoms. The molecule has 2 aromatic heterocycles. The summed E-state index contributed by atoms with van der Waals surface area (Å²) in [7, 11) is 0. The second-order valence-electron chi connectivity index (χ2n) is 24.3. The number of nitrogens with zero attached hydrogens (tertiary/aromatic N) is 2. The third-order valence-corrected chi connectivity index (χ3v) is 19.8. The SMILES string of the molecule is c1ccc(-c2ccccc2N(c2ccc3c4c(ccc3c2)-c2ccc3cc(N(c5ccccc5-c5ccccc5)c5cccc6c5oc5ccccc56)ccc3c2C4(C2CCCCC2)C2CCCCC2)c2cccc3c2oc2ccccc23)cc1. The van der Waals surface area contributed by atoms with Crippen LogP contribution in [0.5, 0.6) is 0 Å². The van der Waals surface area contributed by atoms with Crippen LogP contribution in [0.1, 0.15) is 75.3 Å². The number of hydrogen-bond donors (Lipinski definition) is 0. The third-order valence-electron chi connectivity index (χ3n) is 19.8. The average Bonchev–Trinajstić information content (AvgIpc) is 2.44. The Balaban J connectivity index is 0.886. The van der Waals surface area contributed by atoms with E-state index in [0.29, 0.717) is 11.8 Å². The molecular formula is C81H64N2O2. The molecule has 0 atom stereocenters. The van der Waals surface area contributed by atoms with Crippen molar-refractivity contribution in [3.05, 3.63) is 266 Å². The molecule has 17 rings (SSSR count). The number of hydrogen-bond acceptors (Lipinski definition) is 4. The summed E-state index contributed by atoms with van der Waals surface area (Å²) in [6.45, 7) is 0. The molecule has 0 bridgehead atoms. The van der Waals surface area contributed by atoms with E-state index >= 15 is 0 Å². The van der Waals surface area contributed by atoms with Crippen LogP contribution in [0, 0.1) is 11.8 Å². The van der Waals surface area contributed by atoms with Gasteiger partial charge in [-0.15, -0.1) is 0 Å². The van der Waals surface area contributed by atoms with Crippen LogP contribution >= 0.6 is 0 Å². The Kier molecular flexibility index (Phi) is 11.9. The van der Waals surface area contributed by atoms with Gasteiger partial charge in [0.2, 0.25) is 0 Å². The second kappa shape index (κ2) is 20.3. The molecule has 3 aliphatic carbocycles. The van der Waals surface area contributed by atoms with Gasteiger partial charge >= 0.3 is 0 Å². The summed E-state index contributed by atoms with van der Waals surface area (Å²) >= 11 is 0. The Morgan fingerprint density at radius 1 is 0.294 bits per heavy atom. The summed E-state index contributed by atoms with van der Waals surface area (Å²) in [5.74, 6) is 1.03. The summed E-state index contributed by atoms with van der Waals surface area (Å²) < 4.78 is 13.8. The van der Waals surface area contributed by atoms with Crippen LogP contribution in [0.4, 0.5) is 34.1 Å². The molecule has 0 amide bonds. The fraction of sp³-hybridized carbons (Fsp3) is 0.160. The van der Waals surface area contributed by atoms with Crippen molar-refractivity contribution in [3.8, 4) is 33.4 Å². The van der Waals surface area contributed by atoms with Crippen LogP contribution in [0.25, 0.3) is 98.8 Å². The van der Waals surface area contributed by atoms with Crippen molar-refractivity contribution in [3.63, 3.8) is 0 Å². The zero-order valence-electron chi connectivity index (χ0n) is 47.7. The van der Waals surface area contributed by atoms with Crippen LogP contribution in [-0.2, 0) is 5.41 Å². The van der Waals surface area contributed by atoms with Crippen LogP contribution < -0.4 is 9.80 Å². The van der Waals surface area contributed by atoms with E-state index in [2.05, 4.69) is 265 Å². The first-order valence-corrected chi connectivity index (χ1v) is 31.0. The van der Waals surface area contributed by atoms with Gasteiger partial charge in [-0.3, -0.25) is 0 Å². The Labute approximate surface area is 496 Å². The minimum atomic E-state index is -0.174. The minimum Gasteiger partial charge on any atom is -0.454 e. The predicted molar refractivity (Wildman–Crippen MR) is 356 cm³/mol. The van der Waals surface area contributed by atoms with Gasteiger partial charge in [-0.1, -0.05) is 233 Å². The summed E-state index contributed by atoms with van der Waals surface area (Å²) in [5, 5.41) is 9.81. The molecular weight excluding hydrogens is 1030 g/mol. The lowest BCUT2D eigenvalue weighted by molar-refractivity contribution is 0.140. The largest absolute Gasteiger partial charge is 0.454 e. The summed E-state index contributed by atoms with van der Waals surface area (Å²) in [4.78, 5) is 4.93. The Bertz CT molecular complexity index is 4570. The first-order chi connectivity index (χ1) is 42.2. The highest BCUT2D eigenvalue weighted by atomic mass is 16.3. The molecule has 0 unspecified atom stereocenters. The molecule has 0 radical (unpaired) electrons. The van der Waals surface area contributed by atoms with Gasteiger partial charge in [-0.05, 0) is 153 Å². The van der Waals surface area contributed by atoms with Gasteiger partial charge in [0.05, 0.1) is 22.7 Å². The van der Waals surface area contributed by atoms with Gasteiger partial charge in [0.15, 0.2) is 11.2 Å². The maximum Gasteiger partial charge on any atom is 0.159 e. The van der Waals surface area contributed by atoms with E-state index in [1.165, 1.54) is 119 Å². The van der Waals surface area contributed by atoms with E-state index in [9.17, 15) is 0 Å². The highest BCUT2D eigenvalue weighted by molar-refractivity contribution is 6.13. The van der Waals surface area contributed by atoms with Gasteiger partial charge in [0, 0.05) is 49.5 Å². The smallest absolute Gasteiger partial charge is 0.159 e. The lowest BCUT2D eigenvalue weighted by atomic mass is 9.54. The number of anilines is 6. The highest BCUT2D eigenvalue weighted by Crippen LogP contribution is 2.65. The first-order valence-electron chi connectivity index (χ1n) is 31.0. The van der Waals surface area contributed by atoms with E-state index in [-0.39, 0.29) is 5.41 Å². The van der Waals surface area contributed by atoms with Crippen molar-refractivity contribution in [2.75, 3.05) is 9.80 Å². The molecule has 3 aliphatic rings. The second-order valence-corrected chi connectivity index (χ2v) is 24.3. The number of rotatable bonds is 10.